The SMILES string of the molecule is O=C1CC(N(CCc2c[nH]c3ccccc23)S(=O)(=O)c2ccc3ccccc3c2)C(=O)N1c1ccc(Br)cc1. The van der Waals surface area contributed by atoms with E-state index in [0.29, 0.717) is 12.1 Å². The second-order valence-corrected chi connectivity index (χ2v) is 12.3. The van der Waals surface area contributed by atoms with Gasteiger partial charge in [0.05, 0.1) is 17.0 Å². The number of aromatic nitrogens is 1. The number of hydrogen-bond donors (Lipinski definition) is 1. The van der Waals surface area contributed by atoms with Crippen LogP contribution in [0.4, 0.5) is 5.69 Å². The van der Waals surface area contributed by atoms with Crippen LogP contribution in [0.5, 0.6) is 0 Å². The van der Waals surface area contributed by atoms with Gasteiger partial charge in [0, 0.05) is 28.1 Å². The third kappa shape index (κ3) is 4.67. The van der Waals surface area contributed by atoms with E-state index in [1.807, 2.05) is 54.7 Å². The molecular weight excluding hydrogens is 578 g/mol. The topological polar surface area (TPSA) is 90.5 Å². The number of halogens is 1. The van der Waals surface area contributed by atoms with Crippen LogP contribution in [0.25, 0.3) is 21.7 Å². The fraction of sp³-hybridized carbons (Fsp3) is 0.133. The molecule has 39 heavy (non-hydrogen) atoms. The quantitative estimate of drug-likeness (QED) is 0.244. The first-order valence-corrected chi connectivity index (χ1v) is 14.7. The van der Waals surface area contributed by atoms with Crippen LogP contribution in [0, 0.1) is 0 Å². The molecule has 6 rings (SSSR count). The highest BCUT2D eigenvalue weighted by Gasteiger charge is 2.46. The number of rotatable bonds is 7. The van der Waals surface area contributed by atoms with E-state index in [2.05, 4.69) is 20.9 Å². The van der Waals surface area contributed by atoms with Gasteiger partial charge < -0.3 is 4.98 Å². The summed E-state index contributed by atoms with van der Waals surface area (Å²) in [4.78, 5) is 31.2. The second-order valence-electron chi connectivity index (χ2n) is 9.50. The van der Waals surface area contributed by atoms with Crippen LogP contribution in [0.2, 0.25) is 0 Å². The first-order valence-electron chi connectivity index (χ1n) is 12.5. The smallest absolute Gasteiger partial charge is 0.252 e. The summed E-state index contributed by atoms with van der Waals surface area (Å²) in [6.45, 7) is 0.0366. The molecule has 1 aromatic heterocycles. The van der Waals surface area contributed by atoms with Crippen LogP contribution in [0.1, 0.15) is 12.0 Å². The number of nitrogens with zero attached hydrogens (tertiary/aromatic N) is 2. The van der Waals surface area contributed by atoms with Crippen molar-refractivity contribution >= 4 is 65.1 Å². The minimum Gasteiger partial charge on any atom is -0.361 e. The van der Waals surface area contributed by atoms with Crippen LogP contribution >= 0.6 is 15.9 Å². The maximum absolute atomic E-state index is 14.2. The molecule has 1 N–H and O–H groups in total. The van der Waals surface area contributed by atoms with E-state index in [1.165, 1.54) is 4.31 Å². The summed E-state index contributed by atoms with van der Waals surface area (Å²) in [5.41, 5.74) is 2.30. The van der Waals surface area contributed by atoms with Gasteiger partial charge in [0.2, 0.25) is 15.9 Å². The predicted molar refractivity (Wildman–Crippen MR) is 155 cm³/mol. The Labute approximate surface area is 234 Å². The van der Waals surface area contributed by atoms with Crippen LogP contribution in [-0.2, 0) is 26.0 Å². The van der Waals surface area contributed by atoms with E-state index >= 15 is 0 Å². The summed E-state index contributed by atoms with van der Waals surface area (Å²) in [6, 6.07) is 25.9. The number of carbonyl (C=O) groups excluding carboxylic acids is 2. The van der Waals surface area contributed by atoms with Crippen molar-refractivity contribution in [1.82, 2.24) is 9.29 Å². The van der Waals surface area contributed by atoms with Crippen molar-refractivity contribution in [2.45, 2.75) is 23.8 Å². The Kier molecular flexibility index (Phi) is 6.58. The summed E-state index contributed by atoms with van der Waals surface area (Å²) in [5.74, 6) is -0.983. The molecule has 1 unspecified atom stereocenters. The van der Waals surface area contributed by atoms with E-state index in [9.17, 15) is 18.0 Å². The lowest BCUT2D eigenvalue weighted by molar-refractivity contribution is -0.122. The zero-order chi connectivity index (χ0) is 27.1. The monoisotopic (exact) mass is 601 g/mol. The average molecular weight is 603 g/mol. The number of para-hydroxylation sites is 1. The van der Waals surface area contributed by atoms with Crippen molar-refractivity contribution in [2.24, 2.45) is 0 Å². The summed E-state index contributed by atoms with van der Waals surface area (Å²) in [7, 11) is -4.14. The highest BCUT2D eigenvalue weighted by atomic mass is 79.9. The zero-order valence-corrected chi connectivity index (χ0v) is 23.2. The number of fused-ring (bicyclic) bond motifs is 2. The summed E-state index contributed by atoms with van der Waals surface area (Å²) < 4.78 is 30.3. The number of H-pyrrole nitrogens is 1. The molecule has 5 aromatic rings. The molecular formula is C30H24BrN3O4S. The number of benzene rings is 4. The van der Waals surface area contributed by atoms with Gasteiger partial charge in [0.25, 0.3) is 5.91 Å². The van der Waals surface area contributed by atoms with Gasteiger partial charge in [-0.25, -0.2) is 13.3 Å². The summed E-state index contributed by atoms with van der Waals surface area (Å²) >= 11 is 3.37. The molecule has 2 amide bonds. The number of carbonyl (C=O) groups is 2. The molecule has 0 saturated carbocycles. The lowest BCUT2D eigenvalue weighted by atomic mass is 10.1. The normalized spacial score (nSPS) is 16.2. The van der Waals surface area contributed by atoms with Gasteiger partial charge in [-0.05, 0) is 65.2 Å². The lowest BCUT2D eigenvalue weighted by Crippen LogP contribution is -2.46. The maximum atomic E-state index is 14.2. The minimum atomic E-state index is -4.14. The van der Waals surface area contributed by atoms with E-state index in [0.717, 1.165) is 36.6 Å². The van der Waals surface area contributed by atoms with Gasteiger partial charge in [-0.3, -0.25) is 9.59 Å². The van der Waals surface area contributed by atoms with Crippen molar-refractivity contribution < 1.29 is 18.0 Å². The molecule has 1 saturated heterocycles. The van der Waals surface area contributed by atoms with Gasteiger partial charge in [-0.15, -0.1) is 0 Å². The molecule has 0 spiro atoms. The highest BCUT2D eigenvalue weighted by molar-refractivity contribution is 9.10. The fourth-order valence-corrected chi connectivity index (χ4v) is 7.06. The Morgan fingerprint density at radius 3 is 2.41 bits per heavy atom. The number of imide groups is 1. The van der Waals surface area contributed by atoms with Gasteiger partial charge in [-0.1, -0.05) is 64.5 Å². The number of nitrogens with one attached hydrogen (secondary N) is 1. The molecule has 7 nitrogen and oxygen atoms in total. The van der Waals surface area contributed by atoms with Gasteiger partial charge in [0.1, 0.15) is 6.04 Å². The minimum absolute atomic E-state index is 0.0366. The average Bonchev–Trinajstić information content (AvgIpc) is 3.49. The number of hydrogen-bond acceptors (Lipinski definition) is 4. The molecule has 0 bridgehead atoms. The Morgan fingerprint density at radius 2 is 1.62 bits per heavy atom. The fourth-order valence-electron chi connectivity index (χ4n) is 5.18. The van der Waals surface area contributed by atoms with Crippen molar-refractivity contribution in [2.75, 3.05) is 11.4 Å². The third-order valence-corrected chi connectivity index (χ3v) is 9.59. The Morgan fingerprint density at radius 1 is 0.897 bits per heavy atom. The first-order chi connectivity index (χ1) is 18.8. The van der Waals surface area contributed by atoms with Crippen LogP contribution < -0.4 is 4.90 Å². The Balaban J connectivity index is 1.39. The summed E-state index contributed by atoms with van der Waals surface area (Å²) in [6.07, 6.45) is 2.00. The molecule has 1 aliphatic rings. The van der Waals surface area contributed by atoms with Crippen LogP contribution in [0.3, 0.4) is 0 Å². The molecule has 2 heterocycles. The Bertz CT molecular complexity index is 1830. The standard InChI is InChI=1S/C30H24BrN3O4S/c31-23-10-12-24(13-11-23)34-29(35)18-28(30(34)36)33(16-15-22-19-32-27-8-4-3-7-26(22)27)39(37,38)25-14-9-20-5-1-2-6-21(20)17-25/h1-14,17,19,28,32H,15-16,18H2. The number of amides is 2. The van der Waals surface area contributed by atoms with Crippen LogP contribution in [-0.4, -0.2) is 42.1 Å². The number of anilines is 1. The number of sulfonamides is 1. The predicted octanol–water partition coefficient (Wildman–Crippen LogP) is 5.65. The van der Waals surface area contributed by atoms with Gasteiger partial charge in [0.15, 0.2) is 0 Å². The maximum Gasteiger partial charge on any atom is 0.252 e. The molecule has 1 aliphatic heterocycles. The third-order valence-electron chi connectivity index (χ3n) is 7.16. The van der Waals surface area contributed by atoms with E-state index in [1.54, 1.807) is 42.5 Å². The highest BCUT2D eigenvalue weighted by Crippen LogP contribution is 2.31. The van der Waals surface area contributed by atoms with Crippen molar-refractivity contribution in [1.29, 1.82) is 0 Å². The molecule has 1 atom stereocenters. The van der Waals surface area contributed by atoms with E-state index in [-0.39, 0.29) is 17.9 Å². The largest absolute Gasteiger partial charge is 0.361 e. The summed E-state index contributed by atoms with van der Waals surface area (Å²) in [5, 5.41) is 2.68. The molecule has 0 radical (unpaired) electrons. The van der Waals surface area contributed by atoms with Gasteiger partial charge >= 0.3 is 0 Å². The van der Waals surface area contributed by atoms with Crippen LogP contribution in [0.15, 0.2) is 107 Å². The first kappa shape index (κ1) is 25.5. The second kappa shape index (κ2) is 10.1. The van der Waals surface area contributed by atoms with Gasteiger partial charge in [-0.2, -0.15) is 4.31 Å². The van der Waals surface area contributed by atoms with E-state index < -0.39 is 27.9 Å². The lowest BCUT2D eigenvalue weighted by Gasteiger charge is -2.27. The van der Waals surface area contributed by atoms with E-state index in [4.69, 9.17) is 0 Å². The molecule has 9 heteroatoms. The number of aromatic amines is 1. The molecule has 4 aromatic carbocycles. The molecule has 1 fully saturated rings. The molecule has 196 valence electrons. The van der Waals surface area contributed by atoms with Crippen molar-refractivity contribution in [3.63, 3.8) is 0 Å². The molecule has 0 aliphatic carbocycles. The Hall–Kier alpha value is -3.79. The zero-order valence-electron chi connectivity index (χ0n) is 20.7. The van der Waals surface area contributed by atoms with Crippen molar-refractivity contribution in [3.05, 3.63) is 107 Å². The van der Waals surface area contributed by atoms with Crippen molar-refractivity contribution in [3.8, 4) is 0 Å².